The Morgan fingerprint density at radius 2 is 1.40 bits per heavy atom. The summed E-state index contributed by atoms with van der Waals surface area (Å²) in [6, 6.07) is 0. The number of rotatable bonds is 7. The van der Waals surface area contributed by atoms with Crippen LogP contribution in [-0.2, 0) is 27.9 Å². The smallest absolute Gasteiger partial charge is 0.334 e. The first-order valence-corrected chi connectivity index (χ1v) is 23.2. The van der Waals surface area contributed by atoms with E-state index in [0.717, 1.165) is 24.0 Å². The van der Waals surface area contributed by atoms with Crippen LogP contribution < -0.4 is 0 Å². The molecule has 0 aromatic rings. The second kappa shape index (κ2) is 18.4. The maximum Gasteiger partial charge on any atom is 0.334 e. The molecule has 1 heterocycles. The molecule has 0 saturated carbocycles. The maximum absolute atomic E-state index is 13.3. The molecule has 0 spiro atoms. The van der Waals surface area contributed by atoms with E-state index in [0.29, 0.717) is 12.0 Å². The van der Waals surface area contributed by atoms with E-state index in [1.54, 1.807) is 21.1 Å². The summed E-state index contributed by atoms with van der Waals surface area (Å²) < 4.78 is 31.6. The van der Waals surface area contributed by atoms with Gasteiger partial charge in [-0.05, 0) is 82.9 Å². The lowest BCUT2D eigenvalue weighted by Gasteiger charge is -2.41. The lowest BCUT2D eigenvalue weighted by atomic mass is 9.99. The van der Waals surface area contributed by atoms with E-state index < -0.39 is 22.7 Å². The van der Waals surface area contributed by atoms with Crippen LogP contribution >= 0.6 is 0 Å². The molecule has 0 aromatic heterocycles. The molecule has 0 fully saturated rings. The van der Waals surface area contributed by atoms with Crippen molar-refractivity contribution in [3.8, 4) is 0 Å². The number of cyclic esters (lactones) is 1. The number of carbonyl (C=O) groups is 1. The molecule has 1 aliphatic rings. The van der Waals surface area contributed by atoms with Crippen LogP contribution in [0.25, 0.3) is 0 Å². The van der Waals surface area contributed by atoms with Gasteiger partial charge >= 0.3 is 5.97 Å². The fourth-order valence-corrected chi connectivity index (χ4v) is 7.81. The zero-order valence-electron chi connectivity index (χ0n) is 33.1. The van der Waals surface area contributed by atoms with Gasteiger partial charge in [0.1, 0.15) is 6.10 Å². The zero-order chi connectivity index (χ0) is 36.4. The van der Waals surface area contributed by atoms with Crippen molar-refractivity contribution in [1.29, 1.82) is 0 Å². The Morgan fingerprint density at radius 3 is 1.94 bits per heavy atom. The Kier molecular flexibility index (Phi) is 17.1. The fraction of sp³-hybridized carbons (Fsp3) is 0.718. The third-order valence-corrected chi connectivity index (χ3v) is 19.0. The highest BCUT2D eigenvalue weighted by Gasteiger charge is 2.42. The van der Waals surface area contributed by atoms with Crippen molar-refractivity contribution >= 4 is 22.6 Å². The van der Waals surface area contributed by atoms with Gasteiger partial charge in [-0.3, -0.25) is 0 Å². The van der Waals surface area contributed by atoms with Gasteiger partial charge in [-0.2, -0.15) is 0 Å². The number of carbonyl (C=O) groups excluding carboxylic acids is 1. The summed E-state index contributed by atoms with van der Waals surface area (Å²) in [4.78, 5) is 13.3. The Labute approximate surface area is 291 Å². The molecular formula is C39H70O6Si2. The quantitative estimate of drug-likeness (QED) is 0.196. The van der Waals surface area contributed by atoms with Gasteiger partial charge in [0.05, 0.1) is 24.9 Å². The van der Waals surface area contributed by atoms with Gasteiger partial charge in [0, 0.05) is 32.1 Å². The molecular weight excluding hydrogens is 621 g/mol. The van der Waals surface area contributed by atoms with Crippen LogP contribution in [0.5, 0.6) is 0 Å². The van der Waals surface area contributed by atoms with Crippen molar-refractivity contribution in [3.63, 3.8) is 0 Å². The first kappa shape index (κ1) is 43.5. The van der Waals surface area contributed by atoms with Crippen molar-refractivity contribution in [1.82, 2.24) is 0 Å². The molecule has 6 nitrogen and oxygen atoms in total. The summed E-state index contributed by atoms with van der Waals surface area (Å²) in [5.74, 6) is -0.204. The van der Waals surface area contributed by atoms with E-state index in [9.17, 15) is 4.79 Å². The van der Waals surface area contributed by atoms with E-state index in [2.05, 4.69) is 119 Å². The van der Waals surface area contributed by atoms with E-state index in [1.807, 2.05) is 13.0 Å². The number of methoxy groups -OCH3 is 2. The van der Waals surface area contributed by atoms with Crippen LogP contribution in [0, 0.1) is 5.92 Å². The minimum atomic E-state index is -2.13. The molecule has 47 heavy (non-hydrogen) atoms. The molecule has 270 valence electrons. The molecule has 0 aliphatic carbocycles. The monoisotopic (exact) mass is 690 g/mol. The van der Waals surface area contributed by atoms with Crippen molar-refractivity contribution < 1.29 is 27.9 Å². The highest BCUT2D eigenvalue weighted by molar-refractivity contribution is 6.74. The largest absolute Gasteiger partial charge is 0.456 e. The van der Waals surface area contributed by atoms with Gasteiger partial charge in [0.2, 0.25) is 0 Å². The van der Waals surface area contributed by atoms with Crippen LogP contribution in [0.1, 0.15) is 95.4 Å². The first-order chi connectivity index (χ1) is 21.4. The summed E-state index contributed by atoms with van der Waals surface area (Å²) in [5, 5.41) is 0.136. The predicted octanol–water partition coefficient (Wildman–Crippen LogP) is 10.5. The Balaban J connectivity index is 3.72. The zero-order valence-corrected chi connectivity index (χ0v) is 35.1. The topological polar surface area (TPSA) is 63.2 Å². The standard InChI is InChI=1S/C39H70O6Si2/c1-28-19-18-20-35(45-47(16,17)39(9,10)11)36(42-13)26-33(27-41-12)43-37(40)32(5)25-30(3)23-29(2)24-31(4)34(22-21-28)44-46(14,15)38(6,7)8/h19,21-25,31,33-36H,18,20,26-27H2,1-17H3/b22-21+,28-19+,29-24+,30-23+,32-25+/t31-,33+,34-,35+,36+/m1/s1. The molecule has 0 saturated heterocycles. The second-order valence-electron chi connectivity index (χ2n) is 16.6. The Hall–Kier alpha value is -1.56. The number of ether oxygens (including phenoxy) is 3. The Bertz CT molecular complexity index is 1160. The molecule has 0 N–H and O–H groups in total. The highest BCUT2D eigenvalue weighted by atomic mass is 28.4. The summed E-state index contributed by atoms with van der Waals surface area (Å²) in [7, 11) is -0.819. The van der Waals surface area contributed by atoms with Gasteiger partial charge in [-0.25, -0.2) is 4.79 Å². The van der Waals surface area contributed by atoms with Gasteiger partial charge in [-0.1, -0.05) is 95.6 Å². The minimum absolute atomic E-state index is 0.0390. The van der Waals surface area contributed by atoms with Crippen LogP contribution in [0.4, 0.5) is 0 Å². The number of hydrogen-bond acceptors (Lipinski definition) is 6. The van der Waals surface area contributed by atoms with E-state index >= 15 is 0 Å². The molecule has 5 atom stereocenters. The fourth-order valence-electron chi connectivity index (χ4n) is 5.10. The molecule has 0 aromatic carbocycles. The lowest BCUT2D eigenvalue weighted by molar-refractivity contribution is -0.150. The molecule has 0 radical (unpaired) electrons. The minimum Gasteiger partial charge on any atom is -0.456 e. The summed E-state index contributed by atoms with van der Waals surface area (Å²) in [5.41, 5.74) is 3.84. The predicted molar refractivity (Wildman–Crippen MR) is 204 cm³/mol. The van der Waals surface area contributed by atoms with Crippen LogP contribution in [0.2, 0.25) is 36.3 Å². The SMILES string of the molecule is COC[C@@H]1C[C@H](OC)[C@@H](O[Si](C)(C)C(C)(C)C)CC/C=C(C)/C=C/[C@@H](O[Si](C)(C)C(C)(C)C)[C@H](C)/C=C(C)/C=C(C)/C=C(\C)C(=O)O1. The third kappa shape index (κ3) is 14.4. The van der Waals surface area contributed by atoms with E-state index in [4.69, 9.17) is 23.1 Å². The molecule has 0 unspecified atom stereocenters. The van der Waals surface area contributed by atoms with Gasteiger partial charge in [0.25, 0.3) is 0 Å². The second-order valence-corrected chi connectivity index (χ2v) is 26.1. The summed E-state index contributed by atoms with van der Waals surface area (Å²) in [6.45, 7) is 33.4. The van der Waals surface area contributed by atoms with Crippen LogP contribution in [-0.4, -0.2) is 67.8 Å². The summed E-state index contributed by atoms with van der Waals surface area (Å²) in [6.07, 6.45) is 14.1. The van der Waals surface area contributed by atoms with Gasteiger partial charge < -0.3 is 23.1 Å². The normalized spacial score (nSPS) is 30.8. The van der Waals surface area contributed by atoms with Gasteiger partial charge in [0.15, 0.2) is 16.6 Å². The average Bonchev–Trinajstić information content (AvgIpc) is 2.91. The maximum atomic E-state index is 13.3. The molecule has 1 aliphatic heterocycles. The van der Waals surface area contributed by atoms with E-state index in [1.165, 1.54) is 5.57 Å². The van der Waals surface area contributed by atoms with Crippen molar-refractivity contribution in [3.05, 3.63) is 58.7 Å². The van der Waals surface area contributed by atoms with E-state index in [-0.39, 0.29) is 46.9 Å². The Morgan fingerprint density at radius 1 is 0.830 bits per heavy atom. The molecule has 1 rings (SSSR count). The molecule has 0 bridgehead atoms. The molecule has 8 heteroatoms. The number of allylic oxidation sites excluding steroid dienone is 7. The first-order valence-electron chi connectivity index (χ1n) is 17.4. The average molecular weight is 691 g/mol. The summed E-state index contributed by atoms with van der Waals surface area (Å²) >= 11 is 0. The molecule has 0 amide bonds. The van der Waals surface area contributed by atoms with Crippen molar-refractivity contribution in [2.75, 3.05) is 20.8 Å². The van der Waals surface area contributed by atoms with Gasteiger partial charge in [-0.15, -0.1) is 0 Å². The lowest BCUT2D eigenvalue weighted by Crippen LogP contribution is -2.48. The van der Waals surface area contributed by atoms with Crippen molar-refractivity contribution in [2.45, 2.75) is 156 Å². The van der Waals surface area contributed by atoms with Crippen molar-refractivity contribution in [2.24, 2.45) is 5.92 Å². The third-order valence-electron chi connectivity index (χ3n) is 10.1. The van der Waals surface area contributed by atoms with Crippen LogP contribution in [0.3, 0.4) is 0 Å². The number of esters is 1. The number of hydrogen-bond donors (Lipinski definition) is 0. The van der Waals surface area contributed by atoms with Crippen LogP contribution in [0.15, 0.2) is 58.7 Å². The highest BCUT2D eigenvalue weighted by Crippen LogP contribution is 2.40.